The smallest absolute Gasteiger partial charge is 0.335 e. The van der Waals surface area contributed by atoms with Crippen molar-refractivity contribution in [2.24, 2.45) is 0 Å². The van der Waals surface area contributed by atoms with E-state index in [1.54, 1.807) is 18.2 Å². The Hall–Kier alpha value is -1.82. The standard InChI is InChI=1S/C29H37IO3/c1-6-7-8-9-10-22(19-33-26-18-21(27(31)32)12-14-25(26)30)20-11-13-23-24(17-20)29(4,5)16-15-28(23,2)3/h10-14,17-18H,6-9,15-16,19H2,1-5H3,(H,31,32). The second-order valence-corrected chi connectivity index (χ2v) is 11.7. The van der Waals surface area contributed by atoms with Crippen LogP contribution in [0.1, 0.15) is 100 Å². The Morgan fingerprint density at radius 1 is 1.00 bits per heavy atom. The number of rotatable bonds is 9. The highest BCUT2D eigenvalue weighted by Crippen LogP contribution is 2.46. The molecule has 0 fully saturated rings. The van der Waals surface area contributed by atoms with E-state index in [0.717, 1.165) is 16.4 Å². The van der Waals surface area contributed by atoms with E-state index in [1.807, 2.05) is 0 Å². The number of carbonyl (C=O) groups is 1. The minimum atomic E-state index is -0.939. The molecular formula is C29H37IO3. The number of ether oxygens (including phenoxy) is 1. The average Bonchev–Trinajstić information content (AvgIpc) is 2.77. The number of fused-ring (bicyclic) bond motifs is 1. The van der Waals surface area contributed by atoms with Gasteiger partial charge in [0.25, 0.3) is 0 Å². The first-order chi connectivity index (χ1) is 15.5. The fourth-order valence-corrected chi connectivity index (χ4v) is 5.11. The Balaban J connectivity index is 1.94. The van der Waals surface area contributed by atoms with Crippen LogP contribution in [0.5, 0.6) is 5.75 Å². The zero-order chi connectivity index (χ0) is 24.2. The normalized spacial score (nSPS) is 16.8. The molecule has 4 heteroatoms. The number of carboxylic acids is 1. The maximum absolute atomic E-state index is 11.4. The summed E-state index contributed by atoms with van der Waals surface area (Å²) >= 11 is 2.20. The molecule has 1 aliphatic rings. The third kappa shape index (κ3) is 6.20. The predicted octanol–water partition coefficient (Wildman–Crippen LogP) is 8.38. The molecule has 0 spiro atoms. The fraction of sp³-hybridized carbons (Fsp3) is 0.483. The summed E-state index contributed by atoms with van der Waals surface area (Å²) in [5, 5.41) is 9.36. The number of halogens is 1. The highest BCUT2D eigenvalue weighted by atomic mass is 127. The average molecular weight is 561 g/mol. The van der Waals surface area contributed by atoms with E-state index in [4.69, 9.17) is 4.74 Å². The Morgan fingerprint density at radius 2 is 1.67 bits per heavy atom. The van der Waals surface area contributed by atoms with Gasteiger partial charge in [-0.25, -0.2) is 4.79 Å². The molecular weight excluding hydrogens is 523 g/mol. The summed E-state index contributed by atoms with van der Waals surface area (Å²) in [5.74, 6) is -0.319. The SMILES string of the molecule is CCCCCC=C(COc1cc(C(=O)O)ccc1I)c1ccc2c(c1)C(C)(C)CCC2(C)C. The van der Waals surface area contributed by atoms with Crippen molar-refractivity contribution in [3.05, 3.63) is 68.3 Å². The van der Waals surface area contributed by atoms with E-state index in [0.29, 0.717) is 12.4 Å². The van der Waals surface area contributed by atoms with Gasteiger partial charge in [-0.05, 0) is 99.6 Å². The summed E-state index contributed by atoms with van der Waals surface area (Å²) in [6, 6.07) is 12.0. The van der Waals surface area contributed by atoms with Crippen molar-refractivity contribution in [1.29, 1.82) is 0 Å². The van der Waals surface area contributed by atoms with Crippen molar-refractivity contribution in [3.63, 3.8) is 0 Å². The molecule has 0 amide bonds. The Kier molecular flexibility index (Phi) is 8.31. The summed E-state index contributed by atoms with van der Waals surface area (Å²) in [5.41, 5.74) is 5.87. The molecule has 0 radical (unpaired) electrons. The monoisotopic (exact) mass is 560 g/mol. The van der Waals surface area contributed by atoms with Crippen molar-refractivity contribution in [3.8, 4) is 5.75 Å². The molecule has 1 N–H and O–H groups in total. The van der Waals surface area contributed by atoms with Crippen LogP contribution in [0.15, 0.2) is 42.5 Å². The molecule has 3 nitrogen and oxygen atoms in total. The lowest BCUT2D eigenvalue weighted by atomic mass is 9.63. The van der Waals surface area contributed by atoms with Crippen LogP contribution in [0, 0.1) is 3.57 Å². The van der Waals surface area contributed by atoms with E-state index in [-0.39, 0.29) is 16.4 Å². The van der Waals surface area contributed by atoms with E-state index in [9.17, 15) is 9.90 Å². The van der Waals surface area contributed by atoms with Gasteiger partial charge in [-0.3, -0.25) is 0 Å². The van der Waals surface area contributed by atoms with Gasteiger partial charge in [-0.2, -0.15) is 0 Å². The van der Waals surface area contributed by atoms with Crippen LogP contribution in [-0.2, 0) is 10.8 Å². The lowest BCUT2D eigenvalue weighted by Crippen LogP contribution is -2.33. The zero-order valence-electron chi connectivity index (χ0n) is 20.6. The third-order valence-electron chi connectivity index (χ3n) is 6.98. The molecule has 0 heterocycles. The van der Waals surface area contributed by atoms with E-state index < -0.39 is 5.97 Å². The van der Waals surface area contributed by atoms with Gasteiger partial charge in [0.1, 0.15) is 12.4 Å². The number of unbranched alkanes of at least 4 members (excludes halogenated alkanes) is 3. The molecule has 0 aliphatic heterocycles. The van der Waals surface area contributed by atoms with Gasteiger partial charge >= 0.3 is 5.97 Å². The molecule has 0 bridgehead atoms. The first-order valence-corrected chi connectivity index (χ1v) is 13.1. The first kappa shape index (κ1) is 25.8. The molecule has 1 aliphatic carbocycles. The van der Waals surface area contributed by atoms with Crippen LogP contribution in [0.25, 0.3) is 5.57 Å². The van der Waals surface area contributed by atoms with Crippen molar-refractivity contribution >= 4 is 34.1 Å². The van der Waals surface area contributed by atoms with Gasteiger partial charge in [-0.1, -0.05) is 71.7 Å². The van der Waals surface area contributed by atoms with Crippen molar-refractivity contribution in [2.75, 3.05) is 6.61 Å². The van der Waals surface area contributed by atoms with Gasteiger partial charge in [0.15, 0.2) is 0 Å². The maximum Gasteiger partial charge on any atom is 0.335 e. The minimum Gasteiger partial charge on any atom is -0.488 e. The van der Waals surface area contributed by atoms with Gasteiger partial charge in [-0.15, -0.1) is 0 Å². The van der Waals surface area contributed by atoms with E-state index in [1.165, 1.54) is 47.9 Å². The second-order valence-electron chi connectivity index (χ2n) is 10.5. The lowest BCUT2D eigenvalue weighted by Gasteiger charge is -2.42. The zero-order valence-corrected chi connectivity index (χ0v) is 22.8. The predicted molar refractivity (Wildman–Crippen MR) is 145 cm³/mol. The number of hydrogen-bond donors (Lipinski definition) is 1. The molecule has 2 aromatic rings. The number of hydrogen-bond acceptors (Lipinski definition) is 2. The highest BCUT2D eigenvalue weighted by Gasteiger charge is 2.37. The van der Waals surface area contributed by atoms with Crippen molar-refractivity contribution < 1.29 is 14.6 Å². The minimum absolute atomic E-state index is 0.153. The van der Waals surface area contributed by atoms with Crippen LogP contribution in [0.3, 0.4) is 0 Å². The number of allylic oxidation sites excluding steroid dienone is 1. The lowest BCUT2D eigenvalue weighted by molar-refractivity contribution is 0.0696. The molecule has 178 valence electrons. The fourth-order valence-electron chi connectivity index (χ4n) is 4.62. The first-order valence-electron chi connectivity index (χ1n) is 12.1. The van der Waals surface area contributed by atoms with E-state index in [2.05, 4.69) is 81.5 Å². The molecule has 3 rings (SSSR count). The summed E-state index contributed by atoms with van der Waals surface area (Å²) in [7, 11) is 0. The molecule has 2 aromatic carbocycles. The largest absolute Gasteiger partial charge is 0.488 e. The quantitative estimate of drug-likeness (QED) is 0.248. The molecule has 0 saturated heterocycles. The highest BCUT2D eigenvalue weighted by molar-refractivity contribution is 14.1. The van der Waals surface area contributed by atoms with E-state index >= 15 is 0 Å². The summed E-state index contributed by atoms with van der Waals surface area (Å²) < 4.78 is 7.11. The summed E-state index contributed by atoms with van der Waals surface area (Å²) in [6.07, 6.45) is 9.29. The Morgan fingerprint density at radius 3 is 2.33 bits per heavy atom. The maximum atomic E-state index is 11.4. The Bertz CT molecular complexity index is 1030. The molecule has 0 aromatic heterocycles. The summed E-state index contributed by atoms with van der Waals surface area (Å²) in [4.78, 5) is 11.4. The van der Waals surface area contributed by atoms with Crippen molar-refractivity contribution in [1.82, 2.24) is 0 Å². The molecule has 0 atom stereocenters. The third-order valence-corrected chi connectivity index (χ3v) is 7.87. The van der Waals surface area contributed by atoms with Gasteiger partial charge < -0.3 is 9.84 Å². The van der Waals surface area contributed by atoms with Crippen LogP contribution in [0.2, 0.25) is 0 Å². The van der Waals surface area contributed by atoms with Gasteiger partial charge in [0, 0.05) is 0 Å². The van der Waals surface area contributed by atoms with Crippen molar-refractivity contribution in [2.45, 2.75) is 84.0 Å². The number of aromatic carboxylic acids is 1. The molecule has 0 saturated carbocycles. The molecule has 0 unspecified atom stereocenters. The van der Waals surface area contributed by atoms with Crippen LogP contribution in [-0.4, -0.2) is 17.7 Å². The number of benzene rings is 2. The Labute approximate surface area is 212 Å². The second kappa shape index (κ2) is 10.6. The summed E-state index contributed by atoms with van der Waals surface area (Å²) in [6.45, 7) is 12.1. The van der Waals surface area contributed by atoms with Gasteiger partial charge in [0.05, 0.1) is 9.13 Å². The topological polar surface area (TPSA) is 46.5 Å². The van der Waals surface area contributed by atoms with Crippen LogP contribution in [0.4, 0.5) is 0 Å². The number of carboxylic acid groups (broad SMARTS) is 1. The van der Waals surface area contributed by atoms with Gasteiger partial charge in [0.2, 0.25) is 0 Å². The molecule has 33 heavy (non-hydrogen) atoms. The van der Waals surface area contributed by atoms with Crippen LogP contribution >= 0.6 is 22.6 Å². The van der Waals surface area contributed by atoms with Crippen LogP contribution < -0.4 is 4.74 Å².